The number of nitrogens with zero attached hydrogens (tertiary/aromatic N) is 2. The molecule has 5 rings (SSSR count). The number of rotatable bonds is 6. The van der Waals surface area contributed by atoms with Crippen molar-refractivity contribution in [3.05, 3.63) is 82.1 Å². The fourth-order valence-electron chi connectivity index (χ4n) is 4.50. The number of carbonyl (C=O) groups excluding carboxylic acids is 2. The Morgan fingerprint density at radius 1 is 1.29 bits per heavy atom. The lowest BCUT2D eigenvalue weighted by Gasteiger charge is -2.22. The van der Waals surface area contributed by atoms with Gasteiger partial charge in [-0.05, 0) is 60.9 Å². The van der Waals surface area contributed by atoms with Crippen LogP contribution in [0, 0.1) is 11.3 Å². The second kappa shape index (κ2) is 9.72. The number of thiophene rings is 1. The number of hydrogen-bond donors (Lipinski definition) is 1. The van der Waals surface area contributed by atoms with Crippen LogP contribution in [0.25, 0.3) is 11.1 Å². The number of anilines is 1. The minimum absolute atomic E-state index is 0.286. The Labute approximate surface area is 206 Å². The van der Waals surface area contributed by atoms with Gasteiger partial charge in [0.15, 0.2) is 18.1 Å². The maximum Gasteiger partial charge on any atom is 0.338 e. The van der Waals surface area contributed by atoms with E-state index in [1.165, 1.54) is 23.3 Å². The van der Waals surface area contributed by atoms with Crippen molar-refractivity contribution in [2.45, 2.75) is 44.6 Å². The fourth-order valence-corrected chi connectivity index (χ4v) is 5.78. The number of oxazole rings is 1. The van der Waals surface area contributed by atoms with Crippen LogP contribution >= 0.6 is 11.3 Å². The Balaban J connectivity index is 1.31. The molecule has 1 N–H and O–H groups in total. The summed E-state index contributed by atoms with van der Waals surface area (Å²) in [7, 11) is 0. The molecule has 8 heteroatoms. The first-order valence-corrected chi connectivity index (χ1v) is 12.3. The van der Waals surface area contributed by atoms with E-state index in [1.54, 1.807) is 25.1 Å². The molecule has 0 saturated carbocycles. The van der Waals surface area contributed by atoms with Gasteiger partial charge < -0.3 is 14.5 Å². The number of aromatic nitrogens is 1. The SMILES string of the molecule is CCC(OC(=O)c1ccc2ocnc2c1)C(=O)Nc1sc2c(c1C#N)CCC(c1ccccc1)C2. The molecule has 1 amide bonds. The average Bonchev–Trinajstić information content (AvgIpc) is 3.50. The quantitative estimate of drug-likeness (QED) is 0.356. The molecule has 1 aliphatic carbocycles. The maximum atomic E-state index is 13.0. The molecule has 35 heavy (non-hydrogen) atoms. The molecule has 2 unspecified atom stereocenters. The summed E-state index contributed by atoms with van der Waals surface area (Å²) in [6.45, 7) is 1.77. The predicted octanol–water partition coefficient (Wildman–Crippen LogP) is 5.61. The molecule has 0 saturated heterocycles. The number of esters is 1. The molecular weight excluding hydrogens is 462 g/mol. The fraction of sp³-hybridized carbons (Fsp3) is 0.259. The summed E-state index contributed by atoms with van der Waals surface area (Å²) in [5, 5.41) is 13.2. The van der Waals surface area contributed by atoms with Gasteiger partial charge in [0.1, 0.15) is 16.6 Å². The number of fused-ring (bicyclic) bond motifs is 2. The van der Waals surface area contributed by atoms with Gasteiger partial charge in [-0.15, -0.1) is 11.3 Å². The van der Waals surface area contributed by atoms with Crippen LogP contribution < -0.4 is 5.32 Å². The summed E-state index contributed by atoms with van der Waals surface area (Å²) < 4.78 is 10.7. The van der Waals surface area contributed by atoms with E-state index in [9.17, 15) is 14.9 Å². The number of ether oxygens (including phenoxy) is 1. The van der Waals surface area contributed by atoms with Crippen LogP contribution in [0.1, 0.15) is 57.6 Å². The van der Waals surface area contributed by atoms with Gasteiger partial charge in [-0.3, -0.25) is 4.79 Å². The lowest BCUT2D eigenvalue weighted by Crippen LogP contribution is -2.32. The van der Waals surface area contributed by atoms with Gasteiger partial charge in [-0.2, -0.15) is 5.26 Å². The van der Waals surface area contributed by atoms with Crippen molar-refractivity contribution in [1.82, 2.24) is 4.98 Å². The van der Waals surface area contributed by atoms with Gasteiger partial charge in [-0.1, -0.05) is 37.3 Å². The maximum absolute atomic E-state index is 13.0. The summed E-state index contributed by atoms with van der Waals surface area (Å²) in [5.41, 5.74) is 4.21. The van der Waals surface area contributed by atoms with E-state index in [0.717, 1.165) is 29.7 Å². The molecule has 0 fully saturated rings. The van der Waals surface area contributed by atoms with Gasteiger partial charge >= 0.3 is 5.97 Å². The van der Waals surface area contributed by atoms with E-state index in [-0.39, 0.29) is 5.56 Å². The Hall–Kier alpha value is -3.96. The highest BCUT2D eigenvalue weighted by Crippen LogP contribution is 2.42. The van der Waals surface area contributed by atoms with E-state index < -0.39 is 18.0 Å². The highest BCUT2D eigenvalue weighted by molar-refractivity contribution is 7.16. The zero-order valence-electron chi connectivity index (χ0n) is 19.1. The van der Waals surface area contributed by atoms with Crippen molar-refractivity contribution in [3.63, 3.8) is 0 Å². The van der Waals surface area contributed by atoms with Crippen LogP contribution in [0.2, 0.25) is 0 Å². The lowest BCUT2D eigenvalue weighted by molar-refractivity contribution is -0.124. The molecule has 7 nitrogen and oxygen atoms in total. The van der Waals surface area contributed by atoms with Crippen molar-refractivity contribution in [3.8, 4) is 6.07 Å². The standard InChI is InChI=1S/C27H23N3O4S/c1-2-22(34-27(32)18-9-11-23-21(12-18)29-15-33-23)25(31)30-26-20(14-28)19-10-8-17(13-24(19)35-26)16-6-4-3-5-7-16/h3-7,9,11-12,15,17,22H,2,8,10,13H2,1H3,(H,30,31). The molecule has 2 aromatic heterocycles. The van der Waals surface area contributed by atoms with E-state index >= 15 is 0 Å². The van der Waals surface area contributed by atoms with Crippen molar-refractivity contribution in [1.29, 1.82) is 5.26 Å². The van der Waals surface area contributed by atoms with Gasteiger partial charge in [-0.25, -0.2) is 9.78 Å². The van der Waals surface area contributed by atoms with Crippen LogP contribution in [-0.2, 0) is 22.4 Å². The average molecular weight is 486 g/mol. The molecule has 4 aromatic rings. The van der Waals surface area contributed by atoms with Crippen molar-refractivity contribution in [2.24, 2.45) is 0 Å². The highest BCUT2D eigenvalue weighted by Gasteiger charge is 2.29. The van der Waals surface area contributed by atoms with Crippen molar-refractivity contribution in [2.75, 3.05) is 5.32 Å². The summed E-state index contributed by atoms with van der Waals surface area (Å²) in [6.07, 6.45) is 3.20. The third kappa shape index (κ3) is 4.55. The van der Waals surface area contributed by atoms with Crippen LogP contribution in [0.15, 0.2) is 59.3 Å². The third-order valence-electron chi connectivity index (χ3n) is 6.36. The number of hydrogen-bond acceptors (Lipinski definition) is 7. The summed E-state index contributed by atoms with van der Waals surface area (Å²) in [6, 6.07) is 17.4. The summed E-state index contributed by atoms with van der Waals surface area (Å²) in [5.74, 6) is -0.671. The topological polar surface area (TPSA) is 105 Å². The molecule has 176 valence electrons. The molecule has 0 spiro atoms. The second-order valence-corrected chi connectivity index (χ2v) is 9.60. The van der Waals surface area contributed by atoms with E-state index in [0.29, 0.717) is 34.0 Å². The van der Waals surface area contributed by atoms with Crippen LogP contribution in [0.5, 0.6) is 0 Å². The molecular formula is C27H23N3O4S. The zero-order chi connectivity index (χ0) is 24.4. The Morgan fingerprint density at radius 2 is 2.11 bits per heavy atom. The molecule has 0 radical (unpaired) electrons. The minimum Gasteiger partial charge on any atom is -0.449 e. The Bertz CT molecular complexity index is 1430. The number of amides is 1. The monoisotopic (exact) mass is 485 g/mol. The van der Waals surface area contributed by atoms with Gasteiger partial charge in [0.2, 0.25) is 0 Å². The van der Waals surface area contributed by atoms with Gasteiger partial charge in [0.05, 0.1) is 11.1 Å². The first-order valence-electron chi connectivity index (χ1n) is 11.5. The Morgan fingerprint density at radius 3 is 2.89 bits per heavy atom. The lowest BCUT2D eigenvalue weighted by atomic mass is 9.83. The van der Waals surface area contributed by atoms with E-state index in [4.69, 9.17) is 9.15 Å². The molecule has 2 atom stereocenters. The molecule has 2 heterocycles. The number of nitriles is 1. The van der Waals surface area contributed by atoms with E-state index in [2.05, 4.69) is 28.5 Å². The normalized spacial score (nSPS) is 15.7. The summed E-state index contributed by atoms with van der Waals surface area (Å²) in [4.78, 5) is 30.9. The molecule has 2 aromatic carbocycles. The number of benzene rings is 2. The Kier molecular flexibility index (Phi) is 6.34. The van der Waals surface area contributed by atoms with Crippen molar-refractivity contribution >= 4 is 39.3 Å². The molecule has 1 aliphatic rings. The largest absolute Gasteiger partial charge is 0.449 e. The van der Waals surface area contributed by atoms with Crippen LogP contribution in [-0.4, -0.2) is 23.0 Å². The first-order chi connectivity index (χ1) is 17.1. The molecule has 0 aliphatic heterocycles. The van der Waals surface area contributed by atoms with Crippen molar-refractivity contribution < 1.29 is 18.7 Å². The van der Waals surface area contributed by atoms with Crippen LogP contribution in [0.3, 0.4) is 0 Å². The second-order valence-electron chi connectivity index (χ2n) is 8.50. The third-order valence-corrected chi connectivity index (χ3v) is 7.53. The summed E-state index contributed by atoms with van der Waals surface area (Å²) >= 11 is 1.45. The zero-order valence-corrected chi connectivity index (χ0v) is 19.9. The number of carbonyl (C=O) groups is 2. The minimum atomic E-state index is -0.988. The van der Waals surface area contributed by atoms with Gasteiger partial charge in [0.25, 0.3) is 5.91 Å². The smallest absolute Gasteiger partial charge is 0.338 e. The predicted molar refractivity (Wildman–Crippen MR) is 132 cm³/mol. The first kappa shape index (κ1) is 22.8. The number of nitrogens with one attached hydrogen (secondary N) is 1. The highest BCUT2D eigenvalue weighted by atomic mass is 32.1. The van der Waals surface area contributed by atoms with E-state index in [1.807, 2.05) is 18.2 Å². The van der Waals surface area contributed by atoms with Crippen LogP contribution in [0.4, 0.5) is 5.00 Å². The molecule has 0 bridgehead atoms. The van der Waals surface area contributed by atoms with Gasteiger partial charge in [0, 0.05) is 4.88 Å².